The fraction of sp³-hybridized carbons (Fsp3) is 0.333. The van der Waals surface area contributed by atoms with Gasteiger partial charge >= 0.3 is 12.1 Å². The molecule has 0 fully saturated rings. The highest BCUT2D eigenvalue weighted by Crippen LogP contribution is 2.23. The number of carboxylic acid groups (broad SMARTS) is 1. The first-order valence-electron chi connectivity index (χ1n) is 8.68. The molecule has 0 aromatic heterocycles. The van der Waals surface area contributed by atoms with Crippen LogP contribution in [0, 0.1) is 6.92 Å². The van der Waals surface area contributed by atoms with Crippen molar-refractivity contribution in [3.05, 3.63) is 59.7 Å². The van der Waals surface area contributed by atoms with Crippen molar-refractivity contribution >= 4 is 12.1 Å². The number of aryl methyl sites for hydroxylation is 1. The van der Waals surface area contributed by atoms with Crippen LogP contribution < -0.4 is 10.1 Å². The minimum atomic E-state index is -1.13. The molecule has 1 unspecified atom stereocenters. The zero-order chi connectivity index (χ0) is 20.0. The van der Waals surface area contributed by atoms with Crippen molar-refractivity contribution in [1.29, 1.82) is 0 Å². The molecule has 0 aliphatic rings. The summed E-state index contributed by atoms with van der Waals surface area (Å²) in [7, 11) is 0. The first-order valence-corrected chi connectivity index (χ1v) is 8.68. The molecule has 2 rings (SSSR count). The van der Waals surface area contributed by atoms with Crippen molar-refractivity contribution in [2.45, 2.75) is 45.8 Å². The van der Waals surface area contributed by atoms with Gasteiger partial charge in [0.1, 0.15) is 23.1 Å². The van der Waals surface area contributed by atoms with Gasteiger partial charge in [-0.05, 0) is 57.5 Å². The lowest BCUT2D eigenvalue weighted by molar-refractivity contribution is -0.139. The van der Waals surface area contributed by atoms with Crippen LogP contribution in [0.3, 0.4) is 0 Å². The minimum absolute atomic E-state index is 0.111. The van der Waals surface area contributed by atoms with Crippen molar-refractivity contribution in [3.63, 3.8) is 0 Å². The average Bonchev–Trinajstić information content (AvgIpc) is 2.55. The molecular formula is C21H25NO5. The Morgan fingerprint density at radius 3 is 2.33 bits per heavy atom. The van der Waals surface area contributed by atoms with Crippen molar-refractivity contribution in [3.8, 4) is 11.5 Å². The van der Waals surface area contributed by atoms with Gasteiger partial charge in [-0.25, -0.2) is 9.59 Å². The highest BCUT2D eigenvalue weighted by molar-refractivity contribution is 5.80. The van der Waals surface area contributed by atoms with Gasteiger partial charge in [0.15, 0.2) is 0 Å². The van der Waals surface area contributed by atoms with E-state index in [-0.39, 0.29) is 6.42 Å². The molecular weight excluding hydrogens is 346 g/mol. The van der Waals surface area contributed by atoms with Gasteiger partial charge in [0, 0.05) is 6.42 Å². The van der Waals surface area contributed by atoms with Crippen LogP contribution in [0.2, 0.25) is 0 Å². The molecule has 144 valence electrons. The van der Waals surface area contributed by atoms with E-state index in [4.69, 9.17) is 9.47 Å². The Morgan fingerprint density at radius 1 is 1.07 bits per heavy atom. The number of hydrogen-bond acceptors (Lipinski definition) is 4. The molecule has 0 saturated carbocycles. The van der Waals surface area contributed by atoms with Gasteiger partial charge in [-0.15, -0.1) is 0 Å². The first-order chi connectivity index (χ1) is 12.6. The molecule has 0 radical (unpaired) electrons. The molecule has 6 nitrogen and oxygen atoms in total. The number of aliphatic carboxylic acids is 1. The number of carbonyl (C=O) groups is 2. The van der Waals surface area contributed by atoms with E-state index in [1.807, 2.05) is 31.2 Å². The molecule has 2 aromatic rings. The molecule has 27 heavy (non-hydrogen) atoms. The minimum Gasteiger partial charge on any atom is -0.480 e. The lowest BCUT2D eigenvalue weighted by atomic mass is 10.1. The second kappa shape index (κ2) is 8.58. The summed E-state index contributed by atoms with van der Waals surface area (Å²) in [5.41, 5.74) is 1.16. The Kier molecular flexibility index (Phi) is 6.45. The van der Waals surface area contributed by atoms with Crippen molar-refractivity contribution < 1.29 is 24.2 Å². The maximum atomic E-state index is 11.9. The van der Waals surface area contributed by atoms with Crippen LogP contribution in [-0.4, -0.2) is 28.8 Å². The predicted octanol–water partition coefficient (Wildman–Crippen LogP) is 4.31. The van der Waals surface area contributed by atoms with Crippen molar-refractivity contribution in [2.75, 3.05) is 0 Å². The number of benzene rings is 2. The molecule has 2 N–H and O–H groups in total. The Hall–Kier alpha value is -3.02. The summed E-state index contributed by atoms with van der Waals surface area (Å²) in [6, 6.07) is 13.6. The molecule has 1 atom stereocenters. The number of alkyl carbamates (subject to hydrolysis) is 1. The van der Waals surface area contributed by atoms with Crippen LogP contribution >= 0.6 is 0 Å². The molecule has 0 bridgehead atoms. The molecule has 2 aromatic carbocycles. The van der Waals surface area contributed by atoms with Crippen molar-refractivity contribution in [2.24, 2.45) is 0 Å². The van der Waals surface area contributed by atoms with E-state index in [0.29, 0.717) is 11.5 Å². The second-order valence-corrected chi connectivity index (χ2v) is 7.30. The number of carboxylic acids is 1. The Morgan fingerprint density at radius 2 is 1.74 bits per heavy atom. The zero-order valence-electron chi connectivity index (χ0n) is 16.0. The molecule has 6 heteroatoms. The van der Waals surface area contributed by atoms with Crippen LogP contribution in [0.15, 0.2) is 48.5 Å². The van der Waals surface area contributed by atoms with Crippen LogP contribution in [0.5, 0.6) is 11.5 Å². The highest BCUT2D eigenvalue weighted by Gasteiger charge is 2.24. The molecule has 0 spiro atoms. The molecule has 0 aliphatic heterocycles. The molecule has 0 saturated heterocycles. The molecule has 0 heterocycles. The lowest BCUT2D eigenvalue weighted by Crippen LogP contribution is -2.44. The standard InChI is InChI=1S/C21H25NO5/c1-14-8-10-16(11-9-14)26-17-7-5-6-15(12-17)13-18(19(23)24)22-20(25)27-21(2,3)4/h5-12,18H,13H2,1-4H3,(H,22,25)(H,23,24). The van der Waals surface area contributed by atoms with E-state index in [9.17, 15) is 14.7 Å². The van der Waals surface area contributed by atoms with E-state index in [1.54, 1.807) is 45.0 Å². The van der Waals surface area contributed by atoms with E-state index in [1.165, 1.54) is 0 Å². The smallest absolute Gasteiger partial charge is 0.408 e. The summed E-state index contributed by atoms with van der Waals surface area (Å²) in [6.07, 6.45) is -0.651. The topological polar surface area (TPSA) is 84.9 Å². The summed E-state index contributed by atoms with van der Waals surface area (Å²) in [4.78, 5) is 23.4. The third kappa shape index (κ3) is 7.01. The number of rotatable bonds is 6. The van der Waals surface area contributed by atoms with Gasteiger partial charge in [0.2, 0.25) is 0 Å². The number of ether oxygens (including phenoxy) is 2. The van der Waals surface area contributed by atoms with E-state index in [2.05, 4.69) is 5.32 Å². The van der Waals surface area contributed by atoms with Gasteiger partial charge < -0.3 is 19.9 Å². The van der Waals surface area contributed by atoms with Crippen LogP contribution in [0.25, 0.3) is 0 Å². The largest absolute Gasteiger partial charge is 0.480 e. The number of amides is 1. The SMILES string of the molecule is Cc1ccc(Oc2cccc(CC(NC(=O)OC(C)(C)C)C(=O)O)c2)cc1. The zero-order valence-corrected chi connectivity index (χ0v) is 16.0. The monoisotopic (exact) mass is 371 g/mol. The van der Waals surface area contributed by atoms with Crippen LogP contribution in [-0.2, 0) is 16.0 Å². The normalized spacial score (nSPS) is 12.1. The maximum Gasteiger partial charge on any atom is 0.408 e. The lowest BCUT2D eigenvalue weighted by Gasteiger charge is -2.22. The Balaban J connectivity index is 2.06. The second-order valence-electron chi connectivity index (χ2n) is 7.30. The third-order valence-corrected chi connectivity index (χ3v) is 3.58. The average molecular weight is 371 g/mol. The summed E-state index contributed by atoms with van der Waals surface area (Å²) in [5, 5.41) is 11.8. The van der Waals surface area contributed by atoms with E-state index >= 15 is 0 Å². The quantitative estimate of drug-likeness (QED) is 0.790. The van der Waals surface area contributed by atoms with E-state index in [0.717, 1.165) is 11.1 Å². The van der Waals surface area contributed by atoms with Gasteiger partial charge in [0.25, 0.3) is 0 Å². The van der Waals surface area contributed by atoms with Gasteiger partial charge in [0.05, 0.1) is 0 Å². The van der Waals surface area contributed by atoms with Crippen LogP contribution in [0.1, 0.15) is 31.9 Å². The van der Waals surface area contributed by atoms with Crippen molar-refractivity contribution in [1.82, 2.24) is 5.32 Å². The van der Waals surface area contributed by atoms with Gasteiger partial charge in [-0.1, -0.05) is 29.8 Å². The van der Waals surface area contributed by atoms with Gasteiger partial charge in [-0.3, -0.25) is 0 Å². The summed E-state index contributed by atoms with van der Waals surface area (Å²) in [5.74, 6) is 0.155. The number of nitrogens with one attached hydrogen (secondary N) is 1. The number of carbonyl (C=O) groups excluding carboxylic acids is 1. The van der Waals surface area contributed by atoms with Crippen LogP contribution in [0.4, 0.5) is 4.79 Å². The Bertz CT molecular complexity index is 793. The predicted molar refractivity (Wildman–Crippen MR) is 102 cm³/mol. The summed E-state index contributed by atoms with van der Waals surface area (Å²) in [6.45, 7) is 7.14. The fourth-order valence-electron chi connectivity index (χ4n) is 2.36. The third-order valence-electron chi connectivity index (χ3n) is 3.58. The maximum absolute atomic E-state index is 11.9. The van der Waals surface area contributed by atoms with E-state index < -0.39 is 23.7 Å². The summed E-state index contributed by atoms with van der Waals surface area (Å²) >= 11 is 0. The van der Waals surface area contributed by atoms with Gasteiger partial charge in [-0.2, -0.15) is 0 Å². The fourth-order valence-corrected chi connectivity index (χ4v) is 2.36. The summed E-state index contributed by atoms with van der Waals surface area (Å²) < 4.78 is 10.9. The molecule has 1 amide bonds. The first kappa shape index (κ1) is 20.3. The Labute approximate surface area is 159 Å². The highest BCUT2D eigenvalue weighted by atomic mass is 16.6. The molecule has 0 aliphatic carbocycles. The number of hydrogen-bond donors (Lipinski definition) is 2.